The average molecular weight is 406 g/mol. The molecule has 0 unspecified atom stereocenters. The Hall–Kier alpha value is -1.93. The van der Waals surface area contributed by atoms with Gasteiger partial charge in [0.05, 0.1) is 6.61 Å². The standard InChI is InChI=1S/C18H16ClN3O2S2/c19-15-8-4-7-14(9-15)12-25-18-22-21-17(26-18)20-16(23)11-24-10-13-5-2-1-3-6-13/h1-9H,10-12H2,(H,20,21,23). The third kappa shape index (κ3) is 6.10. The van der Waals surface area contributed by atoms with Crippen LogP contribution < -0.4 is 5.32 Å². The highest BCUT2D eigenvalue weighted by atomic mass is 35.5. The zero-order valence-electron chi connectivity index (χ0n) is 13.7. The molecule has 1 amide bonds. The highest BCUT2D eigenvalue weighted by Crippen LogP contribution is 2.28. The molecule has 0 saturated heterocycles. The van der Waals surface area contributed by atoms with E-state index in [4.69, 9.17) is 16.3 Å². The maximum Gasteiger partial charge on any atom is 0.252 e. The summed E-state index contributed by atoms with van der Waals surface area (Å²) in [5.74, 6) is 0.493. The van der Waals surface area contributed by atoms with E-state index in [0.29, 0.717) is 16.8 Å². The van der Waals surface area contributed by atoms with Crippen LogP contribution in [0.5, 0.6) is 0 Å². The number of amides is 1. The minimum atomic E-state index is -0.247. The van der Waals surface area contributed by atoms with E-state index in [1.165, 1.54) is 11.3 Å². The number of hydrogen-bond acceptors (Lipinski definition) is 6. The molecule has 5 nitrogen and oxygen atoms in total. The molecule has 1 aromatic heterocycles. The minimum absolute atomic E-state index is 0.0283. The first-order valence-electron chi connectivity index (χ1n) is 7.81. The summed E-state index contributed by atoms with van der Waals surface area (Å²) < 4.78 is 6.19. The first kappa shape index (κ1) is 18.8. The summed E-state index contributed by atoms with van der Waals surface area (Å²) >= 11 is 8.86. The Labute approximate surface area is 164 Å². The lowest BCUT2D eigenvalue weighted by atomic mass is 10.2. The number of ether oxygens (including phenoxy) is 1. The monoisotopic (exact) mass is 405 g/mol. The summed E-state index contributed by atoms with van der Waals surface area (Å²) in [6, 6.07) is 17.4. The quantitative estimate of drug-likeness (QED) is 0.437. The number of hydrogen-bond donors (Lipinski definition) is 1. The number of anilines is 1. The van der Waals surface area contributed by atoms with Crippen LogP contribution >= 0.6 is 34.7 Å². The van der Waals surface area contributed by atoms with Gasteiger partial charge in [0.25, 0.3) is 5.91 Å². The Kier molecular flexibility index (Phi) is 7.02. The van der Waals surface area contributed by atoms with Crippen LogP contribution in [0.1, 0.15) is 11.1 Å². The highest BCUT2D eigenvalue weighted by molar-refractivity contribution is 8.00. The molecule has 0 spiro atoms. The molecule has 0 aliphatic carbocycles. The maximum atomic E-state index is 11.9. The fraction of sp³-hybridized carbons (Fsp3) is 0.167. The van der Waals surface area contributed by atoms with Crippen molar-refractivity contribution in [2.24, 2.45) is 0 Å². The third-order valence-corrected chi connectivity index (χ3v) is 5.53. The van der Waals surface area contributed by atoms with Crippen molar-refractivity contribution in [2.45, 2.75) is 16.7 Å². The van der Waals surface area contributed by atoms with Gasteiger partial charge in [0.2, 0.25) is 5.13 Å². The van der Waals surface area contributed by atoms with Gasteiger partial charge < -0.3 is 4.74 Å². The van der Waals surface area contributed by atoms with Gasteiger partial charge in [-0.15, -0.1) is 10.2 Å². The molecule has 0 aliphatic heterocycles. The molecular formula is C18H16ClN3O2S2. The van der Waals surface area contributed by atoms with E-state index in [1.807, 2.05) is 54.6 Å². The smallest absolute Gasteiger partial charge is 0.252 e. The summed E-state index contributed by atoms with van der Waals surface area (Å²) in [4.78, 5) is 11.9. The first-order chi connectivity index (χ1) is 12.7. The van der Waals surface area contributed by atoms with Crippen molar-refractivity contribution < 1.29 is 9.53 Å². The number of nitrogens with zero attached hydrogens (tertiary/aromatic N) is 2. The lowest BCUT2D eigenvalue weighted by Crippen LogP contribution is -2.18. The van der Waals surface area contributed by atoms with Gasteiger partial charge in [-0.3, -0.25) is 10.1 Å². The Balaban J connectivity index is 1.42. The van der Waals surface area contributed by atoms with Gasteiger partial charge in [-0.2, -0.15) is 0 Å². The second kappa shape index (κ2) is 9.68. The van der Waals surface area contributed by atoms with Crippen molar-refractivity contribution in [3.05, 3.63) is 70.7 Å². The van der Waals surface area contributed by atoms with E-state index in [1.54, 1.807) is 11.8 Å². The van der Waals surface area contributed by atoms with E-state index in [9.17, 15) is 4.79 Å². The van der Waals surface area contributed by atoms with E-state index in [-0.39, 0.29) is 12.5 Å². The lowest BCUT2D eigenvalue weighted by Gasteiger charge is -2.03. The van der Waals surface area contributed by atoms with Crippen molar-refractivity contribution in [1.29, 1.82) is 0 Å². The number of rotatable bonds is 8. The van der Waals surface area contributed by atoms with Crippen LogP contribution in [0.3, 0.4) is 0 Å². The van der Waals surface area contributed by atoms with Crippen LogP contribution in [0, 0.1) is 0 Å². The van der Waals surface area contributed by atoms with Crippen molar-refractivity contribution in [3.8, 4) is 0 Å². The van der Waals surface area contributed by atoms with Crippen molar-refractivity contribution >= 4 is 45.7 Å². The first-order valence-corrected chi connectivity index (χ1v) is 9.99. The Bertz CT molecular complexity index is 858. The largest absolute Gasteiger partial charge is 0.367 e. The predicted octanol–water partition coefficient (Wildman–Crippen LogP) is 4.64. The lowest BCUT2D eigenvalue weighted by molar-refractivity contribution is -0.121. The van der Waals surface area contributed by atoms with Crippen LogP contribution in [-0.4, -0.2) is 22.7 Å². The number of halogens is 1. The van der Waals surface area contributed by atoms with Crippen molar-refractivity contribution in [1.82, 2.24) is 10.2 Å². The average Bonchev–Trinajstić information content (AvgIpc) is 3.08. The molecule has 3 rings (SSSR count). The van der Waals surface area contributed by atoms with Gasteiger partial charge >= 0.3 is 0 Å². The van der Waals surface area contributed by atoms with Gasteiger partial charge in [-0.1, -0.05) is 77.2 Å². The molecule has 3 aromatic rings. The minimum Gasteiger partial charge on any atom is -0.367 e. The van der Waals surface area contributed by atoms with Crippen molar-refractivity contribution in [2.75, 3.05) is 11.9 Å². The number of carbonyl (C=O) groups excluding carboxylic acids is 1. The second-order valence-electron chi connectivity index (χ2n) is 5.32. The summed E-state index contributed by atoms with van der Waals surface area (Å²) in [5, 5.41) is 11.9. The molecule has 134 valence electrons. The van der Waals surface area contributed by atoms with Crippen LogP contribution in [0.25, 0.3) is 0 Å². The van der Waals surface area contributed by atoms with E-state index in [0.717, 1.165) is 21.2 Å². The van der Waals surface area contributed by atoms with Gasteiger partial charge in [0.1, 0.15) is 6.61 Å². The van der Waals surface area contributed by atoms with E-state index >= 15 is 0 Å². The van der Waals surface area contributed by atoms with Crippen LogP contribution in [-0.2, 0) is 21.9 Å². The molecule has 0 aliphatic rings. The Morgan fingerprint density at radius 1 is 1.12 bits per heavy atom. The molecule has 8 heteroatoms. The number of thioether (sulfide) groups is 1. The molecule has 1 N–H and O–H groups in total. The molecule has 0 bridgehead atoms. The predicted molar refractivity (Wildman–Crippen MR) is 106 cm³/mol. The molecule has 1 heterocycles. The molecule has 0 radical (unpaired) electrons. The molecule has 2 aromatic carbocycles. The summed E-state index contributed by atoms with van der Waals surface area (Å²) in [7, 11) is 0. The summed E-state index contributed by atoms with van der Waals surface area (Å²) in [5.41, 5.74) is 2.13. The molecular weight excluding hydrogens is 390 g/mol. The molecule has 0 saturated carbocycles. The highest BCUT2D eigenvalue weighted by Gasteiger charge is 2.09. The number of nitrogens with one attached hydrogen (secondary N) is 1. The van der Waals surface area contributed by atoms with Crippen LogP contribution in [0.2, 0.25) is 5.02 Å². The van der Waals surface area contributed by atoms with Gasteiger partial charge in [-0.05, 0) is 23.3 Å². The topological polar surface area (TPSA) is 64.1 Å². The van der Waals surface area contributed by atoms with Gasteiger partial charge in [0.15, 0.2) is 4.34 Å². The summed E-state index contributed by atoms with van der Waals surface area (Å²) in [6.45, 7) is 0.366. The zero-order chi connectivity index (χ0) is 18.2. The maximum absolute atomic E-state index is 11.9. The Morgan fingerprint density at radius 2 is 1.92 bits per heavy atom. The fourth-order valence-electron chi connectivity index (χ4n) is 2.08. The van der Waals surface area contributed by atoms with Crippen LogP contribution in [0.4, 0.5) is 5.13 Å². The van der Waals surface area contributed by atoms with Crippen molar-refractivity contribution in [3.63, 3.8) is 0 Å². The van der Waals surface area contributed by atoms with Crippen LogP contribution in [0.15, 0.2) is 58.9 Å². The molecule has 0 atom stereocenters. The molecule has 26 heavy (non-hydrogen) atoms. The van der Waals surface area contributed by atoms with E-state index < -0.39 is 0 Å². The third-order valence-electron chi connectivity index (χ3n) is 3.25. The SMILES string of the molecule is O=C(COCc1ccccc1)Nc1nnc(SCc2cccc(Cl)c2)s1. The second-order valence-corrected chi connectivity index (χ2v) is 7.95. The number of aromatic nitrogens is 2. The Morgan fingerprint density at radius 3 is 2.73 bits per heavy atom. The number of carbonyl (C=O) groups is 1. The summed E-state index contributed by atoms with van der Waals surface area (Å²) in [6.07, 6.45) is 0. The fourth-order valence-corrected chi connectivity index (χ4v) is 4.01. The normalized spacial score (nSPS) is 10.7. The van der Waals surface area contributed by atoms with Gasteiger partial charge in [0, 0.05) is 10.8 Å². The zero-order valence-corrected chi connectivity index (χ0v) is 16.1. The molecule has 0 fully saturated rings. The number of benzene rings is 2. The van der Waals surface area contributed by atoms with Gasteiger partial charge in [-0.25, -0.2) is 0 Å². The van der Waals surface area contributed by atoms with E-state index in [2.05, 4.69) is 15.5 Å².